The molecule has 0 aliphatic carbocycles. The van der Waals surface area contributed by atoms with E-state index in [-0.39, 0.29) is 5.92 Å². The fourth-order valence-electron chi connectivity index (χ4n) is 1.95. The van der Waals surface area contributed by atoms with Gasteiger partial charge < -0.3 is 15.5 Å². The van der Waals surface area contributed by atoms with E-state index in [1.165, 1.54) is 0 Å². The summed E-state index contributed by atoms with van der Waals surface area (Å²) < 4.78 is 0. The SMILES string of the molecule is CC(C)CN(CCN(C)C)c1cc(N)nc(C(C)C)n1. The molecule has 0 amide bonds. The first kappa shape index (κ1) is 16.7. The predicted molar refractivity (Wildman–Crippen MR) is 86.1 cm³/mol. The molecule has 0 spiro atoms. The van der Waals surface area contributed by atoms with Gasteiger partial charge in [0.1, 0.15) is 17.5 Å². The molecule has 0 aromatic carbocycles. The largest absolute Gasteiger partial charge is 0.384 e. The van der Waals surface area contributed by atoms with Gasteiger partial charge in [-0.15, -0.1) is 0 Å². The Balaban J connectivity index is 2.99. The first-order valence-corrected chi connectivity index (χ1v) is 7.33. The van der Waals surface area contributed by atoms with Crippen molar-refractivity contribution in [1.82, 2.24) is 14.9 Å². The van der Waals surface area contributed by atoms with Crippen molar-refractivity contribution < 1.29 is 0 Å². The zero-order valence-corrected chi connectivity index (χ0v) is 13.7. The van der Waals surface area contributed by atoms with Crippen LogP contribution in [0.4, 0.5) is 11.6 Å². The Morgan fingerprint density at radius 3 is 2.25 bits per heavy atom. The van der Waals surface area contributed by atoms with Crippen LogP contribution in [0.15, 0.2) is 6.07 Å². The average Bonchev–Trinajstić information content (AvgIpc) is 2.32. The van der Waals surface area contributed by atoms with Crippen molar-refractivity contribution in [2.24, 2.45) is 5.92 Å². The van der Waals surface area contributed by atoms with E-state index in [1.54, 1.807) is 0 Å². The molecule has 0 fully saturated rings. The smallest absolute Gasteiger partial charge is 0.135 e. The summed E-state index contributed by atoms with van der Waals surface area (Å²) in [6, 6.07) is 1.88. The first-order valence-electron chi connectivity index (χ1n) is 7.33. The highest BCUT2D eigenvalue weighted by Gasteiger charge is 2.14. The van der Waals surface area contributed by atoms with Gasteiger partial charge in [-0.3, -0.25) is 0 Å². The van der Waals surface area contributed by atoms with Gasteiger partial charge in [0.2, 0.25) is 0 Å². The van der Waals surface area contributed by atoms with Crippen molar-refractivity contribution in [2.45, 2.75) is 33.6 Å². The number of rotatable bonds is 7. The molecule has 1 heterocycles. The number of nitrogens with zero attached hydrogens (tertiary/aromatic N) is 4. The lowest BCUT2D eigenvalue weighted by molar-refractivity contribution is 0.408. The third-order valence-corrected chi connectivity index (χ3v) is 2.99. The molecular formula is C15H29N5. The minimum Gasteiger partial charge on any atom is -0.384 e. The fourth-order valence-corrected chi connectivity index (χ4v) is 1.95. The summed E-state index contributed by atoms with van der Waals surface area (Å²) in [6.07, 6.45) is 0. The van der Waals surface area contributed by atoms with Crippen molar-refractivity contribution in [3.05, 3.63) is 11.9 Å². The Labute approximate surface area is 123 Å². The van der Waals surface area contributed by atoms with E-state index < -0.39 is 0 Å². The maximum absolute atomic E-state index is 5.93. The number of nitrogens with two attached hydrogens (primary N) is 1. The molecule has 5 nitrogen and oxygen atoms in total. The van der Waals surface area contributed by atoms with Crippen LogP contribution in [0.3, 0.4) is 0 Å². The quantitative estimate of drug-likeness (QED) is 0.829. The summed E-state index contributed by atoms with van der Waals surface area (Å²) in [5.41, 5.74) is 5.93. The van der Waals surface area contributed by atoms with Gasteiger partial charge in [-0.05, 0) is 20.0 Å². The van der Waals surface area contributed by atoms with E-state index >= 15 is 0 Å². The molecular weight excluding hydrogens is 250 g/mol. The lowest BCUT2D eigenvalue weighted by atomic mass is 10.2. The van der Waals surface area contributed by atoms with E-state index in [1.807, 2.05) is 6.07 Å². The van der Waals surface area contributed by atoms with Crippen LogP contribution in [0.5, 0.6) is 0 Å². The zero-order chi connectivity index (χ0) is 15.3. The summed E-state index contributed by atoms with van der Waals surface area (Å²) in [5, 5.41) is 0. The van der Waals surface area contributed by atoms with Crippen LogP contribution in [0.1, 0.15) is 39.4 Å². The van der Waals surface area contributed by atoms with Crippen LogP contribution in [0.25, 0.3) is 0 Å². The number of nitrogen functional groups attached to an aromatic ring is 1. The van der Waals surface area contributed by atoms with Crippen molar-refractivity contribution in [3.8, 4) is 0 Å². The minimum atomic E-state index is 0.284. The van der Waals surface area contributed by atoms with E-state index in [4.69, 9.17) is 5.73 Å². The van der Waals surface area contributed by atoms with Gasteiger partial charge in [-0.2, -0.15) is 0 Å². The van der Waals surface area contributed by atoms with Crippen LogP contribution in [-0.4, -0.2) is 48.6 Å². The maximum atomic E-state index is 5.93. The summed E-state index contributed by atoms with van der Waals surface area (Å²) >= 11 is 0. The standard InChI is InChI=1S/C15H29N5/c1-11(2)10-20(8-7-19(5)6)14-9-13(16)17-15(18-14)12(3)4/h9,11-12H,7-8,10H2,1-6H3,(H2,16,17,18). The van der Waals surface area contributed by atoms with Crippen LogP contribution in [0.2, 0.25) is 0 Å². The molecule has 0 bridgehead atoms. The molecule has 0 radical (unpaired) electrons. The lowest BCUT2D eigenvalue weighted by Crippen LogP contribution is -2.35. The van der Waals surface area contributed by atoms with Gasteiger partial charge in [-0.25, -0.2) is 9.97 Å². The second-order valence-corrected chi connectivity index (χ2v) is 6.31. The predicted octanol–water partition coefficient (Wildman–Crippen LogP) is 2.21. The number of hydrogen-bond donors (Lipinski definition) is 1. The molecule has 0 aliphatic heterocycles. The number of hydrogen-bond acceptors (Lipinski definition) is 5. The monoisotopic (exact) mass is 279 g/mol. The number of anilines is 2. The van der Waals surface area contributed by atoms with E-state index in [0.717, 1.165) is 31.3 Å². The van der Waals surface area contributed by atoms with Crippen molar-refractivity contribution >= 4 is 11.6 Å². The Morgan fingerprint density at radius 2 is 1.75 bits per heavy atom. The molecule has 1 rings (SSSR count). The van der Waals surface area contributed by atoms with Crippen molar-refractivity contribution in [2.75, 3.05) is 44.4 Å². The molecule has 114 valence electrons. The van der Waals surface area contributed by atoms with Gasteiger partial charge in [0, 0.05) is 31.6 Å². The van der Waals surface area contributed by atoms with Gasteiger partial charge in [0.25, 0.3) is 0 Å². The van der Waals surface area contributed by atoms with Gasteiger partial charge in [0.05, 0.1) is 0 Å². The Kier molecular flexibility index (Phi) is 6.20. The van der Waals surface area contributed by atoms with Crippen molar-refractivity contribution in [1.29, 1.82) is 0 Å². The summed E-state index contributed by atoms with van der Waals surface area (Å²) in [6.45, 7) is 11.5. The van der Waals surface area contributed by atoms with Crippen LogP contribution in [-0.2, 0) is 0 Å². The van der Waals surface area contributed by atoms with Crippen LogP contribution >= 0.6 is 0 Å². The summed E-state index contributed by atoms with van der Waals surface area (Å²) in [4.78, 5) is 13.5. The molecule has 0 atom stereocenters. The second-order valence-electron chi connectivity index (χ2n) is 6.31. The molecule has 0 saturated carbocycles. The molecule has 0 aliphatic rings. The summed E-state index contributed by atoms with van der Waals surface area (Å²) in [7, 11) is 4.17. The Bertz CT molecular complexity index is 415. The fraction of sp³-hybridized carbons (Fsp3) is 0.733. The highest BCUT2D eigenvalue weighted by atomic mass is 15.2. The lowest BCUT2D eigenvalue weighted by Gasteiger charge is -2.27. The average molecular weight is 279 g/mol. The molecule has 2 N–H and O–H groups in total. The van der Waals surface area contributed by atoms with Crippen LogP contribution < -0.4 is 10.6 Å². The highest BCUT2D eigenvalue weighted by molar-refractivity contribution is 5.47. The van der Waals surface area contributed by atoms with Crippen molar-refractivity contribution in [3.63, 3.8) is 0 Å². The maximum Gasteiger partial charge on any atom is 0.135 e. The molecule has 5 heteroatoms. The minimum absolute atomic E-state index is 0.284. The van der Waals surface area contributed by atoms with Gasteiger partial charge >= 0.3 is 0 Å². The first-order chi connectivity index (χ1) is 9.29. The van der Waals surface area contributed by atoms with E-state index in [0.29, 0.717) is 11.7 Å². The van der Waals surface area contributed by atoms with Gasteiger partial charge in [0.15, 0.2) is 0 Å². The molecule has 1 aromatic rings. The third-order valence-electron chi connectivity index (χ3n) is 2.99. The number of aromatic nitrogens is 2. The highest BCUT2D eigenvalue weighted by Crippen LogP contribution is 2.19. The molecule has 0 saturated heterocycles. The summed E-state index contributed by atoms with van der Waals surface area (Å²) in [5.74, 6) is 3.18. The number of likely N-dealkylation sites (N-methyl/N-ethyl adjacent to an activating group) is 1. The second kappa shape index (κ2) is 7.43. The Hall–Kier alpha value is -1.36. The van der Waals surface area contributed by atoms with E-state index in [2.05, 4.69) is 61.6 Å². The topological polar surface area (TPSA) is 58.3 Å². The Morgan fingerprint density at radius 1 is 1.10 bits per heavy atom. The normalized spacial score (nSPS) is 11.7. The zero-order valence-electron chi connectivity index (χ0n) is 13.7. The van der Waals surface area contributed by atoms with E-state index in [9.17, 15) is 0 Å². The van der Waals surface area contributed by atoms with Gasteiger partial charge in [-0.1, -0.05) is 27.7 Å². The molecule has 1 aromatic heterocycles. The molecule has 0 unspecified atom stereocenters. The molecule has 20 heavy (non-hydrogen) atoms. The third kappa shape index (κ3) is 5.33. The van der Waals surface area contributed by atoms with Crippen LogP contribution in [0, 0.1) is 5.92 Å².